The fourth-order valence-corrected chi connectivity index (χ4v) is 0.939. The van der Waals surface area contributed by atoms with Crippen LogP contribution in [0, 0.1) is 0 Å². The first-order valence-corrected chi connectivity index (χ1v) is 4.96. The third-order valence-corrected chi connectivity index (χ3v) is 1.74. The van der Waals surface area contributed by atoms with Crippen molar-refractivity contribution in [2.75, 3.05) is 13.2 Å². The van der Waals surface area contributed by atoms with Crippen LogP contribution in [0.4, 0.5) is 0 Å². The first kappa shape index (κ1) is 22.2. The molecule has 0 aromatic rings. The van der Waals surface area contributed by atoms with Crippen molar-refractivity contribution >= 4 is 7.82 Å². The molecule has 0 aromatic carbocycles. The Morgan fingerprint density at radius 1 is 1.20 bits per heavy atom. The van der Waals surface area contributed by atoms with Crippen LogP contribution in [0.2, 0.25) is 0 Å². The van der Waals surface area contributed by atoms with Crippen LogP contribution in [0.1, 0.15) is 6.42 Å². The number of phosphoric acid groups is 1. The van der Waals surface area contributed by atoms with E-state index in [1.165, 1.54) is 0 Å². The molecule has 0 unspecified atom stereocenters. The van der Waals surface area contributed by atoms with Gasteiger partial charge in [-0.3, -0.25) is 0 Å². The average molecular weight is 260 g/mol. The summed E-state index contributed by atoms with van der Waals surface area (Å²) in [6.07, 6.45) is -2.92. The van der Waals surface area contributed by atoms with E-state index in [4.69, 9.17) is 15.3 Å². The molecule has 0 aromatic heterocycles. The fraction of sp³-hybridized carbons (Fsp3) is 1.00. The predicted molar refractivity (Wildman–Crippen MR) is 37.3 cm³/mol. The fourth-order valence-electron chi connectivity index (χ4n) is 0.603. The second-order valence-corrected chi connectivity index (χ2v) is 3.54. The maximum absolute atomic E-state index is 9.92. The van der Waals surface area contributed by atoms with Crippen molar-refractivity contribution in [3.63, 3.8) is 0 Å². The van der Waals surface area contributed by atoms with Gasteiger partial charge in [0.2, 0.25) is 0 Å². The molecule has 10 heteroatoms. The normalized spacial score (nSPS) is 14.7. The molecule has 0 heterocycles. The van der Waals surface area contributed by atoms with Gasteiger partial charge < -0.3 is 34.2 Å². The second kappa shape index (κ2) is 11.1. The van der Waals surface area contributed by atoms with Gasteiger partial charge in [0.15, 0.2) is 0 Å². The molecule has 0 spiro atoms. The first-order chi connectivity index (χ1) is 5.87. The van der Waals surface area contributed by atoms with Gasteiger partial charge in [-0.15, -0.1) is 0 Å². The molecule has 0 aliphatic rings. The summed E-state index contributed by atoms with van der Waals surface area (Å²) in [5.74, 6) is 0. The first-order valence-electron chi connectivity index (χ1n) is 3.50. The zero-order chi connectivity index (χ0) is 10.5. The summed E-state index contributed by atoms with van der Waals surface area (Å²) in [4.78, 5) is 19.8. The second-order valence-electron chi connectivity index (χ2n) is 2.39. The van der Waals surface area contributed by atoms with Gasteiger partial charge in [-0.25, -0.2) is 0 Å². The zero-order valence-electron chi connectivity index (χ0n) is 8.70. The van der Waals surface area contributed by atoms with Gasteiger partial charge in [-0.1, -0.05) is 0 Å². The number of rotatable bonds is 6. The molecule has 0 fully saturated rings. The Balaban J connectivity index is -0.000000720. The molecule has 7 nitrogen and oxygen atoms in total. The van der Waals surface area contributed by atoms with Crippen molar-refractivity contribution in [2.45, 2.75) is 18.6 Å². The Bertz CT molecular complexity index is 186. The molecule has 3 N–H and O–H groups in total. The largest absolute Gasteiger partial charge is 1.00 e. The van der Waals surface area contributed by atoms with Crippen LogP contribution in [-0.4, -0.2) is 40.7 Å². The average Bonchev–Trinajstić information content (AvgIpc) is 1.99. The Labute approximate surface area is 132 Å². The van der Waals surface area contributed by atoms with E-state index in [1.807, 2.05) is 0 Å². The topological polar surface area (TPSA) is 133 Å². The summed E-state index contributed by atoms with van der Waals surface area (Å²) in [7, 11) is -5.11. The molecule has 0 bridgehead atoms. The Morgan fingerprint density at radius 3 is 2.00 bits per heavy atom. The third kappa shape index (κ3) is 13.9. The van der Waals surface area contributed by atoms with Crippen molar-refractivity contribution in [3.05, 3.63) is 0 Å². The summed E-state index contributed by atoms with van der Waals surface area (Å²) < 4.78 is 13.6. The van der Waals surface area contributed by atoms with Crippen molar-refractivity contribution in [1.29, 1.82) is 0 Å². The molecule has 0 radical (unpaired) electrons. The van der Waals surface area contributed by atoms with Gasteiger partial charge >= 0.3 is 59.1 Å². The van der Waals surface area contributed by atoms with E-state index in [2.05, 4.69) is 4.52 Å². The van der Waals surface area contributed by atoms with E-state index in [0.717, 1.165) is 0 Å². The summed E-state index contributed by atoms with van der Waals surface area (Å²) in [5.41, 5.74) is 0. The summed E-state index contributed by atoms with van der Waals surface area (Å²) in [6.45, 7) is -1.16. The van der Waals surface area contributed by atoms with Crippen LogP contribution in [0.5, 0.6) is 0 Å². The van der Waals surface area contributed by atoms with Crippen LogP contribution in [0.25, 0.3) is 0 Å². The van der Waals surface area contributed by atoms with Crippen LogP contribution in [0.15, 0.2) is 0 Å². The Kier molecular flexibility index (Phi) is 16.4. The third-order valence-electron chi connectivity index (χ3n) is 1.27. The number of phosphoric ester groups is 1. The van der Waals surface area contributed by atoms with E-state index in [-0.39, 0.29) is 72.1 Å². The standard InChI is InChI=1S/C5H13O7P.2Na/c6-2-1-4(7)5(8)3-12-13(9,10)11;;/h4-8H,1-3H2,(H2,9,10,11);;/q;2*+1/p-2/t4-,5+;;/m0../s1. The zero-order valence-corrected chi connectivity index (χ0v) is 13.6. The molecular formula is C5H11Na2O7P. The van der Waals surface area contributed by atoms with Crippen LogP contribution >= 0.6 is 7.82 Å². The van der Waals surface area contributed by atoms with Crippen molar-refractivity contribution in [1.82, 2.24) is 0 Å². The molecule has 15 heavy (non-hydrogen) atoms. The van der Waals surface area contributed by atoms with Gasteiger partial charge in [-0.2, -0.15) is 0 Å². The van der Waals surface area contributed by atoms with E-state index in [0.29, 0.717) is 0 Å². The van der Waals surface area contributed by atoms with Gasteiger partial charge in [-0.05, 0) is 6.42 Å². The van der Waals surface area contributed by atoms with Crippen molar-refractivity contribution in [2.24, 2.45) is 0 Å². The van der Waals surface area contributed by atoms with Crippen LogP contribution in [-0.2, 0) is 9.09 Å². The quantitative estimate of drug-likeness (QED) is 0.319. The molecule has 0 saturated carbocycles. The molecule has 0 rings (SSSR count). The van der Waals surface area contributed by atoms with E-state index >= 15 is 0 Å². The molecular weight excluding hydrogens is 249 g/mol. The van der Waals surface area contributed by atoms with E-state index < -0.39 is 26.6 Å². The van der Waals surface area contributed by atoms with Crippen LogP contribution in [0.3, 0.4) is 0 Å². The predicted octanol–water partition coefficient (Wildman–Crippen LogP) is -9.06. The van der Waals surface area contributed by atoms with Crippen LogP contribution < -0.4 is 68.9 Å². The van der Waals surface area contributed by atoms with Gasteiger partial charge in [0.25, 0.3) is 0 Å². The van der Waals surface area contributed by atoms with Crippen molar-refractivity contribution < 1.29 is 93.3 Å². The number of aliphatic hydroxyl groups excluding tert-OH is 3. The minimum atomic E-state index is -5.11. The Morgan fingerprint density at radius 2 is 1.67 bits per heavy atom. The molecule has 0 amide bonds. The number of hydrogen-bond donors (Lipinski definition) is 3. The van der Waals surface area contributed by atoms with Crippen molar-refractivity contribution in [3.8, 4) is 0 Å². The Hall–Kier alpha value is 1.99. The SMILES string of the molecule is O=P([O-])([O-])OC[C@@H](O)[C@@H](O)CCO.[Na+].[Na+]. The summed E-state index contributed by atoms with van der Waals surface area (Å²) >= 11 is 0. The monoisotopic (exact) mass is 260 g/mol. The van der Waals surface area contributed by atoms with Gasteiger partial charge in [0.1, 0.15) is 6.10 Å². The summed E-state index contributed by atoms with van der Waals surface area (Å²) in [5, 5.41) is 26.2. The van der Waals surface area contributed by atoms with E-state index in [1.54, 1.807) is 0 Å². The molecule has 0 aliphatic heterocycles. The maximum Gasteiger partial charge on any atom is 1.00 e. The number of hydrogen-bond acceptors (Lipinski definition) is 7. The molecule has 0 aliphatic carbocycles. The molecule has 0 saturated heterocycles. The molecule has 2 atom stereocenters. The minimum Gasteiger partial charge on any atom is -0.790 e. The smallest absolute Gasteiger partial charge is 0.790 e. The summed E-state index contributed by atoms with van der Waals surface area (Å²) in [6, 6.07) is 0. The number of aliphatic hydroxyl groups is 3. The maximum atomic E-state index is 9.92. The van der Waals surface area contributed by atoms with Gasteiger partial charge in [0, 0.05) is 6.61 Å². The molecule has 80 valence electrons. The minimum absolute atomic E-state index is 0. The van der Waals surface area contributed by atoms with Gasteiger partial charge in [0.05, 0.1) is 20.5 Å². The van der Waals surface area contributed by atoms with E-state index in [9.17, 15) is 14.4 Å².